The summed E-state index contributed by atoms with van der Waals surface area (Å²) >= 11 is 0. The van der Waals surface area contributed by atoms with Gasteiger partial charge in [-0.05, 0) is 25.0 Å². The standard InChI is InChI=1S/C11H15FO2/c1-4-5-6-10(12)9(2)7-8-11(13)14-3/h4-6H,1,7-8H2,2-3H3/b6-5-,10-9-. The molecule has 0 aromatic carbocycles. The van der Waals surface area contributed by atoms with Gasteiger partial charge in [-0.2, -0.15) is 0 Å². The Morgan fingerprint density at radius 2 is 2.14 bits per heavy atom. The van der Waals surface area contributed by atoms with Crippen molar-refractivity contribution in [2.24, 2.45) is 0 Å². The lowest BCUT2D eigenvalue weighted by Crippen LogP contribution is -1.99. The van der Waals surface area contributed by atoms with E-state index in [1.165, 1.54) is 25.3 Å². The van der Waals surface area contributed by atoms with Crippen molar-refractivity contribution in [2.75, 3.05) is 7.11 Å². The van der Waals surface area contributed by atoms with E-state index in [2.05, 4.69) is 11.3 Å². The molecule has 0 bridgehead atoms. The predicted molar refractivity (Wildman–Crippen MR) is 54.4 cm³/mol. The topological polar surface area (TPSA) is 26.3 Å². The average Bonchev–Trinajstić information content (AvgIpc) is 2.21. The van der Waals surface area contributed by atoms with Crippen LogP contribution in [0.2, 0.25) is 0 Å². The minimum absolute atomic E-state index is 0.206. The Morgan fingerprint density at radius 1 is 1.50 bits per heavy atom. The van der Waals surface area contributed by atoms with E-state index in [0.717, 1.165) is 0 Å². The lowest BCUT2D eigenvalue weighted by Gasteiger charge is -2.00. The monoisotopic (exact) mass is 198 g/mol. The van der Waals surface area contributed by atoms with E-state index in [1.807, 2.05) is 0 Å². The fourth-order valence-corrected chi connectivity index (χ4v) is 0.806. The summed E-state index contributed by atoms with van der Waals surface area (Å²) < 4.78 is 17.6. The maximum Gasteiger partial charge on any atom is 0.305 e. The van der Waals surface area contributed by atoms with Crippen LogP contribution in [0.5, 0.6) is 0 Å². The summed E-state index contributed by atoms with van der Waals surface area (Å²) in [6.07, 6.45) is 4.90. The molecule has 0 unspecified atom stereocenters. The van der Waals surface area contributed by atoms with E-state index < -0.39 is 0 Å². The molecule has 0 spiro atoms. The van der Waals surface area contributed by atoms with E-state index >= 15 is 0 Å². The average molecular weight is 198 g/mol. The highest BCUT2D eigenvalue weighted by atomic mass is 19.1. The van der Waals surface area contributed by atoms with Crippen LogP contribution < -0.4 is 0 Å². The molecule has 0 saturated carbocycles. The minimum Gasteiger partial charge on any atom is -0.469 e. The fourth-order valence-electron chi connectivity index (χ4n) is 0.806. The normalized spacial score (nSPS) is 12.5. The number of ether oxygens (including phenoxy) is 1. The van der Waals surface area contributed by atoms with Gasteiger partial charge in [0, 0.05) is 6.42 Å². The number of allylic oxidation sites excluding steroid dienone is 5. The van der Waals surface area contributed by atoms with E-state index in [4.69, 9.17) is 0 Å². The molecule has 0 saturated heterocycles. The Balaban J connectivity index is 4.16. The number of halogens is 1. The number of hydrogen-bond donors (Lipinski definition) is 0. The zero-order valence-electron chi connectivity index (χ0n) is 8.55. The van der Waals surface area contributed by atoms with E-state index in [0.29, 0.717) is 12.0 Å². The summed E-state index contributed by atoms with van der Waals surface area (Å²) in [5, 5.41) is 0. The number of carbonyl (C=O) groups excluding carboxylic acids is 1. The van der Waals surface area contributed by atoms with Gasteiger partial charge in [0.25, 0.3) is 0 Å². The maximum atomic E-state index is 13.1. The van der Waals surface area contributed by atoms with Gasteiger partial charge in [-0.25, -0.2) is 4.39 Å². The Morgan fingerprint density at radius 3 is 2.64 bits per heavy atom. The van der Waals surface area contributed by atoms with Gasteiger partial charge in [-0.1, -0.05) is 18.7 Å². The van der Waals surface area contributed by atoms with Crippen LogP contribution in [0.4, 0.5) is 4.39 Å². The predicted octanol–water partition coefficient (Wildman–Crippen LogP) is 2.93. The molecule has 0 aliphatic heterocycles. The van der Waals surface area contributed by atoms with Crippen LogP contribution in [-0.4, -0.2) is 13.1 Å². The minimum atomic E-state index is -0.329. The molecule has 0 radical (unpaired) electrons. The van der Waals surface area contributed by atoms with Crippen molar-refractivity contribution in [3.8, 4) is 0 Å². The maximum absolute atomic E-state index is 13.1. The van der Waals surface area contributed by atoms with Gasteiger partial charge in [0.2, 0.25) is 0 Å². The lowest BCUT2D eigenvalue weighted by atomic mass is 10.1. The number of rotatable bonds is 5. The number of carbonyl (C=O) groups is 1. The lowest BCUT2D eigenvalue weighted by molar-refractivity contribution is -0.140. The molecule has 0 heterocycles. The van der Waals surface area contributed by atoms with Crippen molar-refractivity contribution in [1.29, 1.82) is 0 Å². The van der Waals surface area contributed by atoms with Crippen molar-refractivity contribution < 1.29 is 13.9 Å². The van der Waals surface area contributed by atoms with Crippen molar-refractivity contribution in [1.82, 2.24) is 0 Å². The summed E-state index contributed by atoms with van der Waals surface area (Å²) in [5.74, 6) is -0.654. The molecule has 0 N–H and O–H groups in total. The first-order valence-corrected chi connectivity index (χ1v) is 4.33. The second-order valence-corrected chi connectivity index (χ2v) is 2.80. The molecule has 0 amide bonds. The van der Waals surface area contributed by atoms with Crippen LogP contribution in [0.25, 0.3) is 0 Å². The summed E-state index contributed by atoms with van der Waals surface area (Å²) in [6, 6.07) is 0. The SMILES string of the molecule is C=C/C=C\C(F)=C(/C)CCC(=O)OC. The Kier molecular flexibility index (Phi) is 6.37. The Hall–Kier alpha value is -1.38. The molecular formula is C11H15FO2. The molecule has 0 aromatic rings. The highest BCUT2D eigenvalue weighted by Crippen LogP contribution is 2.13. The van der Waals surface area contributed by atoms with Crippen molar-refractivity contribution in [3.63, 3.8) is 0 Å². The van der Waals surface area contributed by atoms with Crippen molar-refractivity contribution >= 4 is 5.97 Å². The second-order valence-electron chi connectivity index (χ2n) is 2.80. The number of methoxy groups -OCH3 is 1. The van der Waals surface area contributed by atoms with Crippen LogP contribution in [0.15, 0.2) is 36.2 Å². The van der Waals surface area contributed by atoms with Gasteiger partial charge in [0.15, 0.2) is 0 Å². The van der Waals surface area contributed by atoms with Gasteiger partial charge in [-0.15, -0.1) is 0 Å². The van der Waals surface area contributed by atoms with Gasteiger partial charge >= 0.3 is 5.97 Å². The highest BCUT2D eigenvalue weighted by molar-refractivity contribution is 5.69. The van der Waals surface area contributed by atoms with E-state index in [-0.39, 0.29) is 18.2 Å². The molecule has 2 nitrogen and oxygen atoms in total. The van der Waals surface area contributed by atoms with Crippen molar-refractivity contribution in [2.45, 2.75) is 19.8 Å². The summed E-state index contributed by atoms with van der Waals surface area (Å²) in [4.78, 5) is 10.8. The van der Waals surface area contributed by atoms with Crippen LogP contribution in [0, 0.1) is 0 Å². The van der Waals surface area contributed by atoms with Gasteiger partial charge < -0.3 is 4.74 Å². The smallest absolute Gasteiger partial charge is 0.305 e. The molecule has 0 aromatic heterocycles. The first kappa shape index (κ1) is 12.6. The third-order valence-electron chi connectivity index (χ3n) is 1.72. The van der Waals surface area contributed by atoms with Crippen LogP contribution in [-0.2, 0) is 9.53 Å². The fraction of sp³-hybridized carbons (Fsp3) is 0.364. The van der Waals surface area contributed by atoms with Crippen molar-refractivity contribution in [3.05, 3.63) is 36.2 Å². The first-order chi connectivity index (χ1) is 6.61. The Labute approximate surface area is 83.8 Å². The van der Waals surface area contributed by atoms with E-state index in [1.54, 1.807) is 6.92 Å². The molecule has 0 fully saturated rings. The summed E-state index contributed by atoms with van der Waals surface area (Å²) in [7, 11) is 1.31. The molecular weight excluding hydrogens is 183 g/mol. The third kappa shape index (κ3) is 5.30. The third-order valence-corrected chi connectivity index (χ3v) is 1.72. The molecule has 0 atom stereocenters. The molecule has 0 rings (SSSR count). The highest BCUT2D eigenvalue weighted by Gasteiger charge is 2.03. The largest absolute Gasteiger partial charge is 0.469 e. The van der Waals surface area contributed by atoms with Crippen LogP contribution >= 0.6 is 0 Å². The zero-order chi connectivity index (χ0) is 11.0. The molecule has 3 heteroatoms. The molecule has 0 aliphatic rings. The van der Waals surface area contributed by atoms with Crippen LogP contribution in [0.1, 0.15) is 19.8 Å². The number of hydrogen-bond acceptors (Lipinski definition) is 2. The molecule has 14 heavy (non-hydrogen) atoms. The van der Waals surface area contributed by atoms with Gasteiger partial charge in [0.1, 0.15) is 5.83 Å². The second kappa shape index (κ2) is 7.06. The summed E-state index contributed by atoms with van der Waals surface area (Å²) in [5.41, 5.74) is 0.536. The summed E-state index contributed by atoms with van der Waals surface area (Å²) in [6.45, 7) is 5.07. The zero-order valence-corrected chi connectivity index (χ0v) is 8.55. The van der Waals surface area contributed by atoms with Gasteiger partial charge in [0.05, 0.1) is 7.11 Å². The van der Waals surface area contributed by atoms with E-state index in [9.17, 15) is 9.18 Å². The molecule has 0 aliphatic carbocycles. The van der Waals surface area contributed by atoms with Crippen LogP contribution in [0.3, 0.4) is 0 Å². The number of esters is 1. The first-order valence-electron chi connectivity index (χ1n) is 4.33. The van der Waals surface area contributed by atoms with Gasteiger partial charge in [-0.3, -0.25) is 4.79 Å². The Bertz CT molecular complexity index is 264. The quantitative estimate of drug-likeness (QED) is 0.501. The molecule has 78 valence electrons.